The second-order valence-electron chi connectivity index (χ2n) is 4.87. The van der Waals surface area contributed by atoms with Crippen molar-refractivity contribution >= 4 is 34.0 Å². The summed E-state index contributed by atoms with van der Waals surface area (Å²) >= 11 is 6.00. The van der Waals surface area contributed by atoms with Gasteiger partial charge in [0, 0.05) is 22.2 Å². The molecule has 3 aromatic rings. The Hall–Kier alpha value is -2.53. The van der Waals surface area contributed by atoms with E-state index >= 15 is 0 Å². The number of benzene rings is 2. The fourth-order valence-corrected chi connectivity index (χ4v) is 2.55. The van der Waals surface area contributed by atoms with E-state index in [4.69, 9.17) is 21.1 Å². The molecule has 0 atom stereocenters. The second kappa shape index (κ2) is 5.35. The van der Waals surface area contributed by atoms with Gasteiger partial charge in [0.05, 0.1) is 5.52 Å². The number of aromatic nitrogens is 2. The van der Waals surface area contributed by atoms with Gasteiger partial charge in [0.2, 0.25) is 0 Å². The Morgan fingerprint density at radius 3 is 2.73 bits per heavy atom. The fourth-order valence-electron chi connectivity index (χ4n) is 2.39. The molecule has 0 saturated heterocycles. The lowest BCUT2D eigenvalue weighted by Gasteiger charge is -2.19. The first kappa shape index (κ1) is 13.2. The van der Waals surface area contributed by atoms with Crippen molar-refractivity contribution in [1.82, 2.24) is 9.97 Å². The lowest BCUT2D eigenvalue weighted by atomic mass is 10.2. The maximum absolute atomic E-state index is 6.00. The maximum Gasteiger partial charge on any atom is 0.163 e. The number of halogens is 1. The van der Waals surface area contributed by atoms with Crippen LogP contribution in [0, 0.1) is 0 Å². The van der Waals surface area contributed by atoms with Crippen LogP contribution in [-0.2, 0) is 0 Å². The van der Waals surface area contributed by atoms with Crippen molar-refractivity contribution in [2.24, 2.45) is 0 Å². The van der Waals surface area contributed by atoms with Crippen LogP contribution in [0.2, 0.25) is 5.02 Å². The highest BCUT2D eigenvalue weighted by molar-refractivity contribution is 6.31. The van der Waals surface area contributed by atoms with Crippen LogP contribution in [0.1, 0.15) is 0 Å². The van der Waals surface area contributed by atoms with E-state index in [2.05, 4.69) is 15.3 Å². The molecule has 0 amide bonds. The first-order chi connectivity index (χ1) is 10.8. The standard InChI is InChI=1S/C16H12ClN3O2/c17-10-1-3-12-13(7-10)18-9-19-16(12)20-11-2-4-14-15(8-11)22-6-5-21-14/h1-4,7-9H,5-6H2,(H,18,19,20). The van der Waals surface area contributed by atoms with Crippen LogP contribution >= 0.6 is 11.6 Å². The number of rotatable bonds is 2. The van der Waals surface area contributed by atoms with Crippen molar-refractivity contribution < 1.29 is 9.47 Å². The molecule has 1 aromatic heterocycles. The molecular formula is C16H12ClN3O2. The van der Waals surface area contributed by atoms with E-state index in [0.29, 0.717) is 18.2 Å². The summed E-state index contributed by atoms with van der Waals surface area (Å²) in [6.45, 7) is 1.14. The quantitative estimate of drug-likeness (QED) is 0.780. The van der Waals surface area contributed by atoms with Gasteiger partial charge in [-0.05, 0) is 30.3 Å². The van der Waals surface area contributed by atoms with Gasteiger partial charge < -0.3 is 14.8 Å². The largest absolute Gasteiger partial charge is 0.486 e. The minimum Gasteiger partial charge on any atom is -0.486 e. The minimum absolute atomic E-state index is 0.561. The lowest BCUT2D eigenvalue weighted by Crippen LogP contribution is -2.15. The van der Waals surface area contributed by atoms with E-state index in [1.807, 2.05) is 36.4 Å². The predicted octanol–water partition coefficient (Wildman–Crippen LogP) is 3.80. The number of ether oxygens (including phenoxy) is 2. The van der Waals surface area contributed by atoms with E-state index < -0.39 is 0 Å². The molecule has 1 N–H and O–H groups in total. The van der Waals surface area contributed by atoms with E-state index in [-0.39, 0.29) is 0 Å². The summed E-state index contributed by atoms with van der Waals surface area (Å²) in [5, 5.41) is 4.84. The smallest absolute Gasteiger partial charge is 0.163 e. The normalized spacial score (nSPS) is 13.1. The van der Waals surface area contributed by atoms with Crippen molar-refractivity contribution in [2.45, 2.75) is 0 Å². The molecule has 0 bridgehead atoms. The average Bonchev–Trinajstić information content (AvgIpc) is 2.55. The molecule has 0 aliphatic carbocycles. The van der Waals surface area contributed by atoms with Gasteiger partial charge >= 0.3 is 0 Å². The van der Waals surface area contributed by atoms with Crippen LogP contribution in [0.4, 0.5) is 11.5 Å². The van der Waals surface area contributed by atoms with Gasteiger partial charge in [0.25, 0.3) is 0 Å². The summed E-state index contributed by atoms with van der Waals surface area (Å²) in [5.41, 5.74) is 1.67. The van der Waals surface area contributed by atoms with Crippen LogP contribution < -0.4 is 14.8 Å². The van der Waals surface area contributed by atoms with E-state index in [9.17, 15) is 0 Å². The highest BCUT2D eigenvalue weighted by Gasteiger charge is 2.12. The number of nitrogens with one attached hydrogen (secondary N) is 1. The summed E-state index contributed by atoms with van der Waals surface area (Å²) < 4.78 is 11.1. The highest BCUT2D eigenvalue weighted by Crippen LogP contribution is 2.34. The van der Waals surface area contributed by atoms with Crippen LogP contribution in [0.3, 0.4) is 0 Å². The first-order valence-electron chi connectivity index (χ1n) is 6.86. The molecule has 22 heavy (non-hydrogen) atoms. The molecule has 1 aliphatic rings. The van der Waals surface area contributed by atoms with E-state index in [1.54, 1.807) is 0 Å². The van der Waals surface area contributed by atoms with Gasteiger partial charge in [-0.15, -0.1) is 0 Å². The summed E-state index contributed by atoms with van der Waals surface area (Å²) in [4.78, 5) is 8.54. The molecule has 5 nitrogen and oxygen atoms in total. The number of hydrogen-bond donors (Lipinski definition) is 1. The average molecular weight is 314 g/mol. The van der Waals surface area contributed by atoms with Crippen LogP contribution in [0.25, 0.3) is 10.9 Å². The molecule has 2 heterocycles. The van der Waals surface area contributed by atoms with Gasteiger partial charge in [-0.25, -0.2) is 9.97 Å². The summed E-state index contributed by atoms with van der Waals surface area (Å²) in [5.74, 6) is 2.21. The molecule has 6 heteroatoms. The molecule has 0 unspecified atom stereocenters. The number of hydrogen-bond acceptors (Lipinski definition) is 5. The zero-order chi connectivity index (χ0) is 14.9. The van der Waals surface area contributed by atoms with Crippen LogP contribution in [0.15, 0.2) is 42.7 Å². The number of fused-ring (bicyclic) bond motifs is 2. The number of anilines is 2. The van der Waals surface area contributed by atoms with Crippen molar-refractivity contribution in [2.75, 3.05) is 18.5 Å². The second-order valence-corrected chi connectivity index (χ2v) is 5.30. The Morgan fingerprint density at radius 1 is 0.955 bits per heavy atom. The first-order valence-corrected chi connectivity index (χ1v) is 7.24. The van der Waals surface area contributed by atoms with Crippen molar-refractivity contribution in [3.8, 4) is 11.5 Å². The molecule has 1 aliphatic heterocycles. The molecule has 0 fully saturated rings. The van der Waals surface area contributed by atoms with Gasteiger partial charge in [-0.1, -0.05) is 11.6 Å². The predicted molar refractivity (Wildman–Crippen MR) is 85.3 cm³/mol. The maximum atomic E-state index is 6.00. The van der Waals surface area contributed by atoms with Crippen molar-refractivity contribution in [3.63, 3.8) is 0 Å². The monoisotopic (exact) mass is 313 g/mol. The van der Waals surface area contributed by atoms with Crippen LogP contribution in [-0.4, -0.2) is 23.2 Å². The summed E-state index contributed by atoms with van der Waals surface area (Å²) in [7, 11) is 0. The summed E-state index contributed by atoms with van der Waals surface area (Å²) in [6, 6.07) is 11.3. The topological polar surface area (TPSA) is 56.3 Å². The molecule has 0 saturated carbocycles. The fraction of sp³-hybridized carbons (Fsp3) is 0.125. The van der Waals surface area contributed by atoms with Crippen LogP contribution in [0.5, 0.6) is 11.5 Å². The highest BCUT2D eigenvalue weighted by atomic mass is 35.5. The van der Waals surface area contributed by atoms with Gasteiger partial charge in [-0.2, -0.15) is 0 Å². The van der Waals surface area contributed by atoms with Gasteiger partial charge in [0.15, 0.2) is 11.5 Å². The minimum atomic E-state index is 0.561. The number of nitrogens with zero attached hydrogens (tertiary/aromatic N) is 2. The zero-order valence-electron chi connectivity index (χ0n) is 11.5. The third kappa shape index (κ3) is 2.40. The Balaban J connectivity index is 1.71. The molecule has 0 radical (unpaired) electrons. The lowest BCUT2D eigenvalue weighted by molar-refractivity contribution is 0.171. The van der Waals surface area contributed by atoms with Crippen molar-refractivity contribution in [3.05, 3.63) is 47.7 Å². The molecular weight excluding hydrogens is 302 g/mol. The molecule has 4 rings (SSSR count). The SMILES string of the molecule is Clc1ccc2c(Nc3ccc4c(c3)OCCO4)ncnc2c1. The Kier molecular flexibility index (Phi) is 3.20. The van der Waals surface area contributed by atoms with Gasteiger partial charge in [-0.3, -0.25) is 0 Å². The molecule has 0 spiro atoms. The van der Waals surface area contributed by atoms with E-state index in [1.165, 1.54) is 6.33 Å². The Bertz CT molecular complexity index is 854. The molecule has 110 valence electrons. The zero-order valence-corrected chi connectivity index (χ0v) is 12.3. The third-order valence-electron chi connectivity index (χ3n) is 3.40. The third-order valence-corrected chi connectivity index (χ3v) is 3.64. The van der Waals surface area contributed by atoms with Gasteiger partial charge in [0.1, 0.15) is 25.4 Å². The Labute approximate surface area is 131 Å². The summed E-state index contributed by atoms with van der Waals surface area (Å²) in [6.07, 6.45) is 1.51. The van der Waals surface area contributed by atoms with E-state index in [0.717, 1.165) is 33.9 Å². The molecule has 2 aromatic carbocycles. The van der Waals surface area contributed by atoms with Crippen molar-refractivity contribution in [1.29, 1.82) is 0 Å². The Morgan fingerprint density at radius 2 is 1.82 bits per heavy atom.